The van der Waals surface area contributed by atoms with Crippen molar-refractivity contribution in [2.45, 2.75) is 0 Å². The van der Waals surface area contributed by atoms with Gasteiger partial charge >= 0.3 is 0 Å². The van der Waals surface area contributed by atoms with Gasteiger partial charge in [0.1, 0.15) is 0 Å². The fourth-order valence-corrected chi connectivity index (χ4v) is 0.253. The lowest BCUT2D eigenvalue weighted by molar-refractivity contribution is 1.50. The highest BCUT2D eigenvalue weighted by molar-refractivity contribution is 6.64. The van der Waals surface area contributed by atoms with E-state index in [4.69, 9.17) is 28.6 Å². The maximum absolute atomic E-state index is 6.51. The topological polar surface area (TPSA) is 36.2 Å². The zero-order valence-corrected chi connectivity index (χ0v) is 5.00. The zero-order chi connectivity index (χ0) is 5.70. The molecule has 0 fully saturated rings. The van der Waals surface area contributed by atoms with Gasteiger partial charge in [0.25, 0.3) is 0 Å². The maximum Gasteiger partial charge on any atom is 0.214 e. The van der Waals surface area contributed by atoms with Crippen LogP contribution in [0.15, 0.2) is 4.99 Å². The van der Waals surface area contributed by atoms with Gasteiger partial charge in [0.05, 0.1) is 5.88 Å². The lowest BCUT2D eigenvalue weighted by Crippen LogP contribution is -1.78. The van der Waals surface area contributed by atoms with E-state index in [0.717, 1.165) is 0 Å². The van der Waals surface area contributed by atoms with Crippen LogP contribution in [0.2, 0.25) is 0 Å². The number of amidine groups is 1. The summed E-state index contributed by atoms with van der Waals surface area (Å²) < 4.78 is 0. The van der Waals surface area contributed by atoms with Crippen LogP contribution in [0.3, 0.4) is 0 Å². The highest BCUT2D eigenvalue weighted by Gasteiger charge is 1.75. The summed E-state index contributed by atoms with van der Waals surface area (Å²) >= 11 is 10.1. The minimum Gasteiger partial charge on any atom is -0.272 e. The number of rotatable bonds is 1. The highest BCUT2D eigenvalue weighted by atomic mass is 35.5. The van der Waals surface area contributed by atoms with Gasteiger partial charge in [0.15, 0.2) is 0 Å². The van der Waals surface area contributed by atoms with Gasteiger partial charge in [0.2, 0.25) is 5.29 Å². The molecule has 0 heterocycles. The van der Waals surface area contributed by atoms with E-state index >= 15 is 0 Å². The summed E-state index contributed by atoms with van der Waals surface area (Å²) in [4.78, 5) is 3.33. The molecule has 4 heteroatoms. The van der Waals surface area contributed by atoms with Gasteiger partial charge in [-0.05, 0) is 11.6 Å². The van der Waals surface area contributed by atoms with Gasteiger partial charge in [-0.25, -0.2) is 4.99 Å². The largest absolute Gasteiger partial charge is 0.272 e. The molecule has 0 aliphatic carbocycles. The van der Waals surface area contributed by atoms with Gasteiger partial charge < -0.3 is 0 Å². The van der Waals surface area contributed by atoms with Gasteiger partial charge in [0, 0.05) is 6.21 Å². The lowest BCUT2D eigenvalue weighted by atomic mass is 10.9. The quantitative estimate of drug-likeness (QED) is 0.247. The van der Waals surface area contributed by atoms with Crippen molar-refractivity contribution in [2.24, 2.45) is 4.99 Å². The van der Waals surface area contributed by atoms with E-state index in [9.17, 15) is 0 Å². The number of alkyl halides is 1. The molecule has 0 saturated carbocycles. The molecule has 0 aromatic carbocycles. The zero-order valence-electron chi connectivity index (χ0n) is 3.49. The van der Waals surface area contributed by atoms with Crippen molar-refractivity contribution in [1.29, 1.82) is 5.41 Å². The van der Waals surface area contributed by atoms with Gasteiger partial charge in [-0.2, -0.15) is 0 Å². The van der Waals surface area contributed by atoms with Crippen LogP contribution in [-0.4, -0.2) is 17.4 Å². The molecule has 0 radical (unpaired) electrons. The summed E-state index contributed by atoms with van der Waals surface area (Å²) in [6.07, 6.45) is 1.36. The fraction of sp³-hybridized carbons (Fsp3) is 0.333. The molecule has 0 saturated heterocycles. The maximum atomic E-state index is 6.51. The van der Waals surface area contributed by atoms with Crippen LogP contribution in [0.25, 0.3) is 0 Å². The van der Waals surface area contributed by atoms with Crippen LogP contribution >= 0.6 is 23.2 Å². The Morgan fingerprint density at radius 3 is 2.57 bits per heavy atom. The highest BCUT2D eigenvalue weighted by Crippen LogP contribution is 1.79. The van der Waals surface area contributed by atoms with E-state index in [1.807, 2.05) is 0 Å². The number of hydrogen-bond donors (Lipinski definition) is 1. The molecule has 0 rings (SSSR count). The second-order valence-electron chi connectivity index (χ2n) is 0.757. The van der Waals surface area contributed by atoms with Gasteiger partial charge in [-0.3, -0.25) is 5.41 Å². The average Bonchev–Trinajstić information content (AvgIpc) is 1.61. The second kappa shape index (κ2) is 4.09. The summed E-state index contributed by atoms with van der Waals surface area (Å²) in [5.41, 5.74) is 0. The van der Waals surface area contributed by atoms with Crippen molar-refractivity contribution < 1.29 is 0 Å². The lowest BCUT2D eigenvalue weighted by Gasteiger charge is -1.74. The Labute approximate surface area is 51.7 Å². The third kappa shape index (κ3) is 5.92. The first-order valence-corrected chi connectivity index (χ1v) is 2.51. The molecule has 40 valence electrons. The monoisotopic (exact) mass is 138 g/mol. The Kier molecular flexibility index (Phi) is 4.04. The minimum absolute atomic E-state index is 0.236. The molecule has 7 heavy (non-hydrogen) atoms. The Hall–Kier alpha value is -0.0800. The van der Waals surface area contributed by atoms with Crippen LogP contribution in [0.5, 0.6) is 0 Å². The van der Waals surface area contributed by atoms with Crippen LogP contribution in [0.1, 0.15) is 0 Å². The molecular weight excluding hydrogens is 135 g/mol. The van der Waals surface area contributed by atoms with Crippen molar-refractivity contribution in [2.75, 3.05) is 5.88 Å². The molecule has 0 unspecified atom stereocenters. The van der Waals surface area contributed by atoms with Gasteiger partial charge in [-0.1, -0.05) is 0 Å². The predicted molar refractivity (Wildman–Crippen MR) is 32.8 cm³/mol. The van der Waals surface area contributed by atoms with E-state index in [-0.39, 0.29) is 5.29 Å². The van der Waals surface area contributed by atoms with Crippen LogP contribution in [0, 0.1) is 5.41 Å². The first-order valence-electron chi connectivity index (χ1n) is 1.60. The normalized spacial score (nSPS) is 10.0. The third-order valence-corrected chi connectivity index (χ3v) is 0.509. The molecule has 1 N–H and O–H groups in total. The number of nitrogens with one attached hydrogen (secondary N) is 1. The average molecular weight is 139 g/mol. The summed E-state index contributed by atoms with van der Waals surface area (Å²) in [5.74, 6) is 0.301. The molecule has 0 aliphatic rings. The van der Waals surface area contributed by atoms with E-state index < -0.39 is 0 Å². The van der Waals surface area contributed by atoms with Crippen molar-refractivity contribution in [3.05, 3.63) is 0 Å². The van der Waals surface area contributed by atoms with Crippen molar-refractivity contribution >= 4 is 34.7 Å². The van der Waals surface area contributed by atoms with Crippen molar-refractivity contribution in [1.82, 2.24) is 0 Å². The van der Waals surface area contributed by atoms with E-state index in [0.29, 0.717) is 5.88 Å². The van der Waals surface area contributed by atoms with Crippen molar-refractivity contribution in [3.8, 4) is 0 Å². The Balaban J connectivity index is 3.26. The SMILES string of the molecule is N=C(Cl)N=CCCl. The minimum atomic E-state index is -0.236. The van der Waals surface area contributed by atoms with Crippen molar-refractivity contribution in [3.63, 3.8) is 0 Å². The standard InChI is InChI=1S/C3H4Cl2N2/c4-1-2-7-3(5)6/h2,6H,1H2. The Morgan fingerprint density at radius 2 is 2.43 bits per heavy atom. The molecule has 0 aromatic rings. The molecule has 0 bridgehead atoms. The molecule has 2 nitrogen and oxygen atoms in total. The summed E-state index contributed by atoms with van der Waals surface area (Å²) in [5, 5.41) is 6.27. The first kappa shape index (κ1) is 6.92. The summed E-state index contributed by atoms with van der Waals surface area (Å²) in [7, 11) is 0. The van der Waals surface area contributed by atoms with Crippen LogP contribution in [-0.2, 0) is 0 Å². The number of nitrogens with zero attached hydrogens (tertiary/aromatic N) is 1. The predicted octanol–water partition coefficient (Wildman–Crippen LogP) is 1.47. The number of hydrogen-bond acceptors (Lipinski definition) is 1. The molecule has 0 amide bonds. The fourth-order valence-electron chi connectivity index (χ4n) is 0.115. The smallest absolute Gasteiger partial charge is 0.214 e. The number of aliphatic imine (C=N–C) groups is 1. The number of halogens is 2. The third-order valence-electron chi connectivity index (χ3n) is 0.274. The van der Waals surface area contributed by atoms with E-state index in [1.165, 1.54) is 6.21 Å². The van der Waals surface area contributed by atoms with Crippen LogP contribution in [0.4, 0.5) is 0 Å². The molecule has 0 spiro atoms. The van der Waals surface area contributed by atoms with E-state index in [1.54, 1.807) is 0 Å². The molecule has 0 aromatic heterocycles. The van der Waals surface area contributed by atoms with E-state index in [2.05, 4.69) is 4.99 Å². The Morgan fingerprint density at radius 1 is 1.86 bits per heavy atom. The summed E-state index contributed by atoms with van der Waals surface area (Å²) in [6, 6.07) is 0. The second-order valence-corrected chi connectivity index (χ2v) is 1.42. The molecular formula is C3H4Cl2N2. The Bertz CT molecular complexity index is 88.9. The molecule has 0 aliphatic heterocycles. The molecule has 0 atom stereocenters. The first-order chi connectivity index (χ1) is 3.27. The van der Waals surface area contributed by atoms with Crippen LogP contribution < -0.4 is 0 Å². The summed E-state index contributed by atoms with van der Waals surface area (Å²) in [6.45, 7) is 0. The van der Waals surface area contributed by atoms with Gasteiger partial charge in [-0.15, -0.1) is 11.6 Å².